The molecule has 8 heteroatoms. The van der Waals surface area contributed by atoms with Crippen LogP contribution in [0.25, 0.3) is 0 Å². The van der Waals surface area contributed by atoms with Crippen molar-refractivity contribution in [3.05, 3.63) is 35.4 Å². The van der Waals surface area contributed by atoms with Crippen molar-refractivity contribution < 1.29 is 13.2 Å². The molecule has 2 N–H and O–H groups in total. The number of benzene rings is 1. The van der Waals surface area contributed by atoms with Crippen molar-refractivity contribution >= 4 is 17.3 Å². The smallest absolute Gasteiger partial charge is 0.383 e. The van der Waals surface area contributed by atoms with Crippen LogP contribution in [0.5, 0.6) is 0 Å². The van der Waals surface area contributed by atoms with Gasteiger partial charge in [-0.1, -0.05) is 34.6 Å². The number of alkyl halides is 3. The van der Waals surface area contributed by atoms with E-state index in [9.17, 15) is 13.2 Å². The van der Waals surface area contributed by atoms with Gasteiger partial charge in [0.15, 0.2) is 0 Å². The molecule has 0 aliphatic carbocycles. The molecule has 0 atom stereocenters. The summed E-state index contributed by atoms with van der Waals surface area (Å²) < 4.78 is 40.0. The van der Waals surface area contributed by atoms with Crippen LogP contribution in [0.4, 0.5) is 30.5 Å². The van der Waals surface area contributed by atoms with E-state index >= 15 is 0 Å². The minimum atomic E-state index is -4.45. The maximum atomic E-state index is 13.3. The summed E-state index contributed by atoms with van der Waals surface area (Å²) in [5.74, 6) is 1.47. The number of nitrogens with zero attached hydrogens (tertiary/aromatic N) is 3. The van der Waals surface area contributed by atoms with Gasteiger partial charge in [-0.15, -0.1) is 0 Å². The number of halogens is 3. The Bertz CT molecular complexity index is 824. The predicted molar refractivity (Wildman–Crippen MR) is 106 cm³/mol. The number of nitrogens with one attached hydrogen (secondary N) is 2. The van der Waals surface area contributed by atoms with Crippen LogP contribution in [-0.2, 0) is 11.6 Å². The number of aromatic nitrogens is 3. The number of hydrogen-bond donors (Lipinski definition) is 2. The number of hydrogen-bond acceptors (Lipinski definition) is 5. The second kappa shape index (κ2) is 7.93. The Morgan fingerprint density at radius 3 is 1.96 bits per heavy atom. The minimum Gasteiger partial charge on any atom is -0.383 e. The van der Waals surface area contributed by atoms with Crippen LogP contribution in [0.1, 0.15) is 71.6 Å². The van der Waals surface area contributed by atoms with Gasteiger partial charge in [0.05, 0.1) is 5.56 Å². The number of anilines is 3. The van der Waals surface area contributed by atoms with Gasteiger partial charge < -0.3 is 10.6 Å². The largest absolute Gasteiger partial charge is 0.416 e. The summed E-state index contributed by atoms with van der Waals surface area (Å²) >= 11 is 0. The molecule has 154 valence electrons. The van der Waals surface area contributed by atoms with Gasteiger partial charge in [-0.2, -0.15) is 23.1 Å². The Balaban J connectivity index is 2.50. The molecule has 1 aromatic carbocycles. The fourth-order valence-electron chi connectivity index (χ4n) is 2.45. The van der Waals surface area contributed by atoms with Gasteiger partial charge >= 0.3 is 6.18 Å². The third-order valence-corrected chi connectivity index (χ3v) is 3.81. The summed E-state index contributed by atoms with van der Waals surface area (Å²) in [5.41, 5.74) is -0.420. The van der Waals surface area contributed by atoms with E-state index in [1.54, 1.807) is 6.07 Å². The van der Waals surface area contributed by atoms with E-state index in [1.165, 1.54) is 0 Å². The lowest BCUT2D eigenvalue weighted by Crippen LogP contribution is -2.20. The zero-order valence-corrected chi connectivity index (χ0v) is 17.4. The topological polar surface area (TPSA) is 62.7 Å². The first-order chi connectivity index (χ1) is 12.8. The van der Waals surface area contributed by atoms with Gasteiger partial charge in [0.2, 0.25) is 5.95 Å². The molecule has 0 fully saturated rings. The fraction of sp³-hybridized carbons (Fsp3) is 0.550. The maximum Gasteiger partial charge on any atom is 0.416 e. The van der Waals surface area contributed by atoms with Crippen LogP contribution in [0, 0.1) is 0 Å². The highest BCUT2D eigenvalue weighted by Gasteiger charge is 2.31. The second-order valence-corrected chi connectivity index (χ2v) is 8.47. The summed E-state index contributed by atoms with van der Waals surface area (Å²) in [6.45, 7) is 13.6. The van der Waals surface area contributed by atoms with Gasteiger partial charge in [0, 0.05) is 28.7 Å². The van der Waals surface area contributed by atoms with Crippen molar-refractivity contribution in [2.75, 3.05) is 10.6 Å². The summed E-state index contributed by atoms with van der Waals surface area (Å²) in [6, 6.07) is 3.76. The molecule has 5 nitrogen and oxygen atoms in total. The summed E-state index contributed by atoms with van der Waals surface area (Å²) in [4.78, 5) is 13.3. The maximum absolute atomic E-state index is 13.3. The summed E-state index contributed by atoms with van der Waals surface area (Å²) in [5, 5.41) is 5.95. The lowest BCUT2D eigenvalue weighted by molar-refractivity contribution is -0.137. The van der Waals surface area contributed by atoms with Gasteiger partial charge in [-0.3, -0.25) is 0 Å². The molecule has 1 aromatic heterocycles. The predicted octanol–water partition coefficient (Wildman–Crippen LogP) is 5.88. The average Bonchev–Trinajstić information content (AvgIpc) is 2.52. The van der Waals surface area contributed by atoms with E-state index in [-0.39, 0.29) is 29.0 Å². The van der Waals surface area contributed by atoms with Crippen molar-refractivity contribution in [2.45, 2.75) is 72.0 Å². The summed E-state index contributed by atoms with van der Waals surface area (Å²) in [7, 11) is 0. The fourth-order valence-corrected chi connectivity index (χ4v) is 2.45. The van der Waals surface area contributed by atoms with Crippen molar-refractivity contribution in [3.8, 4) is 0 Å². The second-order valence-electron chi connectivity index (χ2n) is 8.47. The molecule has 0 bridgehead atoms. The Labute approximate surface area is 164 Å². The Morgan fingerprint density at radius 2 is 1.46 bits per heavy atom. The molecular weight excluding hydrogens is 367 g/mol. The van der Waals surface area contributed by atoms with Gasteiger partial charge in [0.1, 0.15) is 11.6 Å². The molecule has 0 unspecified atom stereocenters. The molecular formula is C20H28F3N5. The normalized spacial score (nSPS) is 12.6. The van der Waals surface area contributed by atoms with Crippen molar-refractivity contribution in [1.82, 2.24) is 15.0 Å². The Hall–Kier alpha value is -2.38. The van der Waals surface area contributed by atoms with Gasteiger partial charge in [-0.25, -0.2) is 4.98 Å². The van der Waals surface area contributed by atoms with Crippen LogP contribution in [0.3, 0.4) is 0 Å². The van der Waals surface area contributed by atoms with E-state index < -0.39 is 11.7 Å². The van der Waals surface area contributed by atoms with Crippen LogP contribution >= 0.6 is 0 Å². The Kier molecular flexibility index (Phi) is 6.21. The lowest BCUT2D eigenvalue weighted by Gasteiger charge is -2.20. The van der Waals surface area contributed by atoms with Crippen molar-refractivity contribution in [1.29, 1.82) is 0 Å². The summed E-state index contributed by atoms with van der Waals surface area (Å²) in [6.07, 6.45) is -4.45. The standard InChI is InChI=1S/C20H28F3N5/c1-11(2)16-26-17(19(5,6)7)28-18(27-16)25-15-9-13(20(21,22)23)8-14(10-15)24-12(3)4/h8-12,24H,1-7H3,(H,25,26,27,28). The quantitative estimate of drug-likeness (QED) is 0.662. The van der Waals surface area contributed by atoms with Crippen molar-refractivity contribution in [2.24, 2.45) is 0 Å². The number of rotatable bonds is 5. The molecule has 0 saturated carbocycles. The monoisotopic (exact) mass is 395 g/mol. The van der Waals surface area contributed by atoms with Crippen molar-refractivity contribution in [3.63, 3.8) is 0 Å². The van der Waals surface area contributed by atoms with E-state index in [1.807, 2.05) is 48.5 Å². The van der Waals surface area contributed by atoms with Crippen LogP contribution in [0.2, 0.25) is 0 Å². The van der Waals surface area contributed by atoms with E-state index in [0.717, 1.165) is 12.1 Å². The van der Waals surface area contributed by atoms with Crippen LogP contribution in [0.15, 0.2) is 18.2 Å². The third-order valence-electron chi connectivity index (χ3n) is 3.81. The van der Waals surface area contributed by atoms with E-state index in [2.05, 4.69) is 25.6 Å². The van der Waals surface area contributed by atoms with Crippen LogP contribution < -0.4 is 10.6 Å². The zero-order valence-electron chi connectivity index (χ0n) is 17.4. The lowest BCUT2D eigenvalue weighted by atomic mass is 9.95. The first kappa shape index (κ1) is 21.9. The third kappa shape index (κ3) is 5.81. The zero-order chi connectivity index (χ0) is 21.3. The molecule has 0 amide bonds. The molecule has 1 heterocycles. The molecule has 0 radical (unpaired) electrons. The molecule has 2 aromatic rings. The molecule has 0 spiro atoms. The molecule has 0 aliphatic rings. The highest BCUT2D eigenvalue weighted by atomic mass is 19.4. The first-order valence-electron chi connectivity index (χ1n) is 9.28. The molecule has 2 rings (SSSR count). The molecule has 0 aliphatic heterocycles. The SMILES string of the molecule is CC(C)Nc1cc(Nc2nc(C(C)C)nc(C(C)(C)C)n2)cc(C(F)(F)F)c1. The highest BCUT2D eigenvalue weighted by Crippen LogP contribution is 2.34. The highest BCUT2D eigenvalue weighted by molar-refractivity contribution is 5.63. The first-order valence-corrected chi connectivity index (χ1v) is 9.28. The van der Waals surface area contributed by atoms with Gasteiger partial charge in [0.25, 0.3) is 0 Å². The Morgan fingerprint density at radius 1 is 0.857 bits per heavy atom. The van der Waals surface area contributed by atoms with Gasteiger partial charge in [-0.05, 0) is 32.0 Å². The van der Waals surface area contributed by atoms with E-state index in [4.69, 9.17) is 0 Å². The average molecular weight is 395 g/mol. The van der Waals surface area contributed by atoms with E-state index in [0.29, 0.717) is 17.3 Å². The van der Waals surface area contributed by atoms with Crippen LogP contribution in [-0.4, -0.2) is 21.0 Å². The minimum absolute atomic E-state index is 0.00598. The molecule has 28 heavy (non-hydrogen) atoms. The molecule has 0 saturated heterocycles.